The lowest BCUT2D eigenvalue weighted by atomic mass is 9.84. The summed E-state index contributed by atoms with van der Waals surface area (Å²) >= 11 is 0. The molecule has 1 fully saturated rings. The van der Waals surface area contributed by atoms with E-state index in [0.29, 0.717) is 5.41 Å². The first-order valence-corrected chi connectivity index (χ1v) is 6.68. The lowest BCUT2D eigenvalue weighted by Crippen LogP contribution is -2.26. The van der Waals surface area contributed by atoms with Crippen LogP contribution >= 0.6 is 0 Å². The van der Waals surface area contributed by atoms with Gasteiger partial charge < -0.3 is 5.32 Å². The Hall–Kier alpha value is -0.0400. The Bertz CT molecular complexity index is 169. The van der Waals surface area contributed by atoms with E-state index < -0.39 is 0 Å². The maximum atomic E-state index is 3.47. The Kier molecular flexibility index (Phi) is 5.11. The first-order chi connectivity index (χ1) is 7.01. The third-order valence-corrected chi connectivity index (χ3v) is 3.74. The Morgan fingerprint density at radius 1 is 1.13 bits per heavy atom. The largest absolute Gasteiger partial charge is 0.317 e. The predicted molar refractivity (Wildman–Crippen MR) is 68.1 cm³/mol. The zero-order valence-electron chi connectivity index (χ0n) is 11.1. The molecule has 0 aromatic heterocycles. The van der Waals surface area contributed by atoms with E-state index in [9.17, 15) is 0 Å². The summed E-state index contributed by atoms with van der Waals surface area (Å²) in [5.41, 5.74) is 0.515. The van der Waals surface area contributed by atoms with Gasteiger partial charge in [-0.25, -0.2) is 0 Å². The van der Waals surface area contributed by atoms with Gasteiger partial charge in [-0.3, -0.25) is 0 Å². The zero-order valence-corrected chi connectivity index (χ0v) is 11.1. The van der Waals surface area contributed by atoms with Crippen LogP contribution in [0.25, 0.3) is 0 Å². The molecule has 0 aliphatic heterocycles. The molecule has 15 heavy (non-hydrogen) atoms. The minimum Gasteiger partial charge on any atom is -0.317 e. The molecule has 2 atom stereocenters. The molecule has 0 saturated heterocycles. The summed E-state index contributed by atoms with van der Waals surface area (Å²) in [6, 6.07) is 0.789. The standard InChI is InChI=1S/C14H29N/c1-14(2,3)10-9-12-7-5-6-8-13(11-12)15-4/h12-13,15H,5-11H2,1-4H3. The highest BCUT2D eigenvalue weighted by Gasteiger charge is 2.20. The lowest BCUT2D eigenvalue weighted by molar-refractivity contribution is 0.294. The molecule has 1 rings (SSSR count). The molecule has 90 valence electrons. The van der Waals surface area contributed by atoms with Crippen LogP contribution in [0.4, 0.5) is 0 Å². The predicted octanol–water partition coefficient (Wildman–Crippen LogP) is 3.98. The minimum absolute atomic E-state index is 0.515. The second-order valence-corrected chi connectivity index (χ2v) is 6.47. The van der Waals surface area contributed by atoms with Crippen LogP contribution in [0, 0.1) is 11.3 Å². The number of rotatable bonds is 3. The van der Waals surface area contributed by atoms with Gasteiger partial charge in [0.05, 0.1) is 0 Å². The highest BCUT2D eigenvalue weighted by atomic mass is 14.9. The van der Waals surface area contributed by atoms with Crippen molar-refractivity contribution in [1.82, 2.24) is 5.32 Å². The third-order valence-electron chi connectivity index (χ3n) is 3.74. The molecule has 1 aliphatic carbocycles. The SMILES string of the molecule is CNC1CCCCC(CCC(C)(C)C)C1. The van der Waals surface area contributed by atoms with Crippen molar-refractivity contribution in [3.05, 3.63) is 0 Å². The highest BCUT2D eigenvalue weighted by Crippen LogP contribution is 2.31. The molecule has 0 radical (unpaired) electrons. The summed E-state index contributed by atoms with van der Waals surface area (Å²) in [7, 11) is 2.12. The topological polar surface area (TPSA) is 12.0 Å². The van der Waals surface area contributed by atoms with Gasteiger partial charge in [0.15, 0.2) is 0 Å². The van der Waals surface area contributed by atoms with E-state index in [-0.39, 0.29) is 0 Å². The van der Waals surface area contributed by atoms with Gasteiger partial charge in [0, 0.05) is 6.04 Å². The molecule has 1 aliphatic rings. The molecule has 1 saturated carbocycles. The monoisotopic (exact) mass is 211 g/mol. The fourth-order valence-corrected chi connectivity index (χ4v) is 2.62. The molecule has 0 aromatic carbocycles. The molecule has 0 bridgehead atoms. The van der Waals surface area contributed by atoms with Gasteiger partial charge in [-0.2, -0.15) is 0 Å². The number of nitrogens with one attached hydrogen (secondary N) is 1. The van der Waals surface area contributed by atoms with Crippen molar-refractivity contribution in [2.24, 2.45) is 11.3 Å². The molecule has 1 N–H and O–H groups in total. The zero-order chi connectivity index (χ0) is 11.3. The molecule has 1 nitrogen and oxygen atoms in total. The van der Waals surface area contributed by atoms with Crippen LogP contribution < -0.4 is 5.32 Å². The normalized spacial score (nSPS) is 28.8. The van der Waals surface area contributed by atoms with Gasteiger partial charge in [0.2, 0.25) is 0 Å². The average Bonchev–Trinajstić information content (AvgIpc) is 2.38. The molecule has 0 heterocycles. The molecule has 0 aromatic rings. The first-order valence-electron chi connectivity index (χ1n) is 6.68. The van der Waals surface area contributed by atoms with Crippen molar-refractivity contribution < 1.29 is 0 Å². The van der Waals surface area contributed by atoms with E-state index in [4.69, 9.17) is 0 Å². The molecular formula is C14H29N. The Balaban J connectivity index is 2.33. The maximum Gasteiger partial charge on any atom is 0.00667 e. The van der Waals surface area contributed by atoms with Crippen LogP contribution in [-0.4, -0.2) is 13.1 Å². The Morgan fingerprint density at radius 3 is 2.40 bits per heavy atom. The van der Waals surface area contributed by atoms with E-state index in [1.165, 1.54) is 44.9 Å². The van der Waals surface area contributed by atoms with Crippen LogP contribution in [0.3, 0.4) is 0 Å². The molecule has 1 heteroatoms. The van der Waals surface area contributed by atoms with Gasteiger partial charge in [0.25, 0.3) is 0 Å². The summed E-state index contributed by atoms with van der Waals surface area (Å²) in [5, 5.41) is 3.47. The van der Waals surface area contributed by atoms with Crippen LogP contribution in [0.15, 0.2) is 0 Å². The minimum atomic E-state index is 0.515. The number of hydrogen-bond acceptors (Lipinski definition) is 1. The molecule has 2 unspecified atom stereocenters. The van der Waals surface area contributed by atoms with E-state index in [2.05, 4.69) is 33.1 Å². The van der Waals surface area contributed by atoms with Crippen molar-refractivity contribution in [3.63, 3.8) is 0 Å². The van der Waals surface area contributed by atoms with Gasteiger partial charge >= 0.3 is 0 Å². The smallest absolute Gasteiger partial charge is 0.00667 e. The second-order valence-electron chi connectivity index (χ2n) is 6.47. The van der Waals surface area contributed by atoms with Crippen LogP contribution in [0.5, 0.6) is 0 Å². The molecule has 0 amide bonds. The number of hydrogen-bond donors (Lipinski definition) is 1. The van der Waals surface area contributed by atoms with Crippen molar-refractivity contribution in [2.45, 2.75) is 71.8 Å². The Labute approximate surface area is 96.0 Å². The van der Waals surface area contributed by atoms with E-state index in [1.807, 2.05) is 0 Å². The van der Waals surface area contributed by atoms with Crippen LogP contribution in [-0.2, 0) is 0 Å². The van der Waals surface area contributed by atoms with Gasteiger partial charge in [0.1, 0.15) is 0 Å². The quantitative estimate of drug-likeness (QED) is 0.696. The van der Waals surface area contributed by atoms with Crippen molar-refractivity contribution >= 4 is 0 Å². The van der Waals surface area contributed by atoms with E-state index >= 15 is 0 Å². The lowest BCUT2D eigenvalue weighted by Gasteiger charge is -2.24. The maximum absolute atomic E-state index is 3.47. The Morgan fingerprint density at radius 2 is 1.80 bits per heavy atom. The van der Waals surface area contributed by atoms with Crippen LogP contribution in [0.1, 0.15) is 65.7 Å². The van der Waals surface area contributed by atoms with Gasteiger partial charge in [-0.1, -0.05) is 40.0 Å². The second kappa shape index (κ2) is 5.89. The van der Waals surface area contributed by atoms with E-state index in [0.717, 1.165) is 12.0 Å². The summed E-state index contributed by atoms with van der Waals surface area (Å²) in [6.07, 6.45) is 9.96. The summed E-state index contributed by atoms with van der Waals surface area (Å²) < 4.78 is 0. The van der Waals surface area contributed by atoms with Crippen LogP contribution in [0.2, 0.25) is 0 Å². The fourth-order valence-electron chi connectivity index (χ4n) is 2.62. The average molecular weight is 211 g/mol. The molecule has 0 spiro atoms. The van der Waals surface area contributed by atoms with Gasteiger partial charge in [-0.05, 0) is 44.1 Å². The third kappa shape index (κ3) is 5.55. The van der Waals surface area contributed by atoms with Gasteiger partial charge in [-0.15, -0.1) is 0 Å². The van der Waals surface area contributed by atoms with Crippen molar-refractivity contribution in [3.8, 4) is 0 Å². The summed E-state index contributed by atoms with van der Waals surface area (Å²) in [4.78, 5) is 0. The highest BCUT2D eigenvalue weighted by molar-refractivity contribution is 4.76. The van der Waals surface area contributed by atoms with Crippen molar-refractivity contribution in [2.75, 3.05) is 7.05 Å². The fraction of sp³-hybridized carbons (Fsp3) is 1.00. The first kappa shape index (κ1) is 13.0. The summed E-state index contributed by atoms with van der Waals surface area (Å²) in [5.74, 6) is 0.976. The van der Waals surface area contributed by atoms with Crippen molar-refractivity contribution in [1.29, 1.82) is 0 Å². The van der Waals surface area contributed by atoms with E-state index in [1.54, 1.807) is 0 Å². The molecular weight excluding hydrogens is 182 g/mol. The summed E-state index contributed by atoms with van der Waals surface area (Å²) in [6.45, 7) is 7.08.